The van der Waals surface area contributed by atoms with Gasteiger partial charge in [-0.1, -0.05) is 11.6 Å². The number of aliphatic imine (C=N–C) groups is 1. The third-order valence-electron chi connectivity index (χ3n) is 3.36. The quantitative estimate of drug-likeness (QED) is 0.278. The van der Waals surface area contributed by atoms with Gasteiger partial charge >= 0.3 is 0 Å². The predicted molar refractivity (Wildman–Crippen MR) is 109 cm³/mol. The van der Waals surface area contributed by atoms with Gasteiger partial charge in [0.25, 0.3) is 0 Å². The molecule has 0 saturated carbocycles. The number of guanidine groups is 1. The van der Waals surface area contributed by atoms with Gasteiger partial charge in [0.2, 0.25) is 0 Å². The van der Waals surface area contributed by atoms with Gasteiger partial charge in [-0.05, 0) is 37.6 Å². The third-order valence-corrected chi connectivity index (χ3v) is 5.38. The number of nitrogens with zero attached hydrogens (tertiary/aromatic N) is 1. The molecule has 0 aromatic heterocycles. The monoisotopic (exact) mass is 487 g/mol. The Bertz CT molecular complexity index is 638. The zero-order valence-corrected chi connectivity index (χ0v) is 17.4. The summed E-state index contributed by atoms with van der Waals surface area (Å²) in [5.74, 6) is 1.77. The number of halogens is 2. The number of rotatable bonds is 6. The molecule has 9 heteroatoms. The van der Waals surface area contributed by atoms with Crippen LogP contribution in [-0.2, 0) is 9.84 Å². The number of benzene rings is 1. The van der Waals surface area contributed by atoms with E-state index in [1.54, 1.807) is 24.3 Å². The van der Waals surface area contributed by atoms with E-state index in [4.69, 9.17) is 16.3 Å². The van der Waals surface area contributed by atoms with Crippen molar-refractivity contribution < 1.29 is 13.2 Å². The van der Waals surface area contributed by atoms with Gasteiger partial charge in [0.15, 0.2) is 15.8 Å². The molecule has 136 valence electrons. The van der Waals surface area contributed by atoms with Crippen LogP contribution < -0.4 is 15.4 Å². The maximum atomic E-state index is 11.5. The summed E-state index contributed by atoms with van der Waals surface area (Å²) in [6, 6.07) is 7.08. The summed E-state index contributed by atoms with van der Waals surface area (Å²) in [5.41, 5.74) is 0. The minimum Gasteiger partial charge on any atom is -0.492 e. The lowest BCUT2D eigenvalue weighted by molar-refractivity contribution is 0.328. The lowest BCUT2D eigenvalue weighted by Gasteiger charge is -2.15. The van der Waals surface area contributed by atoms with Gasteiger partial charge in [0.05, 0.1) is 18.1 Å². The number of sulfone groups is 1. The normalized spacial score (nSPS) is 19.4. The second-order valence-electron chi connectivity index (χ2n) is 5.31. The average Bonchev–Trinajstić information content (AvgIpc) is 2.84. The summed E-state index contributed by atoms with van der Waals surface area (Å²) >= 11 is 5.81. The number of hydrogen-bond acceptors (Lipinski definition) is 4. The van der Waals surface area contributed by atoms with Crippen molar-refractivity contribution in [1.82, 2.24) is 10.6 Å². The third kappa shape index (κ3) is 7.43. The van der Waals surface area contributed by atoms with E-state index in [0.717, 1.165) is 5.75 Å². The summed E-state index contributed by atoms with van der Waals surface area (Å²) < 4.78 is 28.6. The van der Waals surface area contributed by atoms with Crippen LogP contribution >= 0.6 is 35.6 Å². The highest BCUT2D eigenvalue weighted by Crippen LogP contribution is 2.15. The molecule has 1 aliphatic rings. The average molecular weight is 488 g/mol. The Hall–Kier alpha value is -0.740. The van der Waals surface area contributed by atoms with Crippen LogP contribution in [0, 0.1) is 0 Å². The molecule has 2 N–H and O–H groups in total. The molecule has 1 aromatic rings. The maximum absolute atomic E-state index is 11.5. The van der Waals surface area contributed by atoms with E-state index in [2.05, 4.69) is 15.6 Å². The molecule has 0 amide bonds. The number of nitrogens with one attached hydrogen (secondary N) is 2. The first-order chi connectivity index (χ1) is 11.0. The van der Waals surface area contributed by atoms with Crippen LogP contribution in [-0.4, -0.2) is 51.6 Å². The molecule has 1 aromatic carbocycles. The largest absolute Gasteiger partial charge is 0.492 e. The van der Waals surface area contributed by atoms with Gasteiger partial charge in [-0.2, -0.15) is 0 Å². The van der Waals surface area contributed by atoms with Gasteiger partial charge in [-0.3, -0.25) is 0 Å². The first-order valence-electron chi connectivity index (χ1n) is 7.62. The van der Waals surface area contributed by atoms with E-state index in [-0.39, 0.29) is 41.5 Å². The van der Waals surface area contributed by atoms with Crippen molar-refractivity contribution >= 4 is 51.4 Å². The minimum absolute atomic E-state index is 0. The smallest absolute Gasteiger partial charge is 0.191 e. The van der Waals surface area contributed by atoms with E-state index in [9.17, 15) is 8.42 Å². The molecule has 0 spiro atoms. The molecular weight excluding hydrogens is 465 g/mol. The number of hydrogen-bond donors (Lipinski definition) is 2. The molecular formula is C15H23ClIN3O3S. The molecule has 1 saturated heterocycles. The molecule has 0 aliphatic carbocycles. The highest BCUT2D eigenvalue weighted by atomic mass is 127. The zero-order valence-electron chi connectivity index (χ0n) is 13.5. The Labute approximate surface area is 165 Å². The Kier molecular flexibility index (Phi) is 9.14. The molecule has 0 bridgehead atoms. The van der Waals surface area contributed by atoms with Crippen LogP contribution in [0.3, 0.4) is 0 Å². The van der Waals surface area contributed by atoms with Gasteiger partial charge < -0.3 is 15.4 Å². The van der Waals surface area contributed by atoms with Gasteiger partial charge in [-0.15, -0.1) is 24.0 Å². The Balaban J connectivity index is 0.00000288. The molecule has 0 radical (unpaired) electrons. The second-order valence-corrected chi connectivity index (χ2v) is 7.97. The van der Waals surface area contributed by atoms with Crippen molar-refractivity contribution in [2.24, 2.45) is 4.99 Å². The van der Waals surface area contributed by atoms with Crippen molar-refractivity contribution in [3.63, 3.8) is 0 Å². The minimum atomic E-state index is -2.90. The Morgan fingerprint density at radius 1 is 1.38 bits per heavy atom. The molecule has 6 nitrogen and oxygen atoms in total. The van der Waals surface area contributed by atoms with Crippen LogP contribution in [0.5, 0.6) is 5.75 Å². The molecule has 1 heterocycles. The lowest BCUT2D eigenvalue weighted by Crippen LogP contribution is -2.44. The van der Waals surface area contributed by atoms with E-state index in [0.29, 0.717) is 37.1 Å². The Morgan fingerprint density at radius 3 is 2.67 bits per heavy atom. The second kappa shape index (κ2) is 10.3. The highest BCUT2D eigenvalue weighted by molar-refractivity contribution is 14.0. The van der Waals surface area contributed by atoms with Crippen LogP contribution in [0.2, 0.25) is 5.02 Å². The first kappa shape index (κ1) is 21.3. The van der Waals surface area contributed by atoms with Crippen LogP contribution in [0.25, 0.3) is 0 Å². The van der Waals surface area contributed by atoms with Crippen LogP contribution in [0.1, 0.15) is 13.3 Å². The fourth-order valence-corrected chi connectivity index (χ4v) is 4.07. The predicted octanol–water partition coefficient (Wildman–Crippen LogP) is 2.08. The van der Waals surface area contributed by atoms with Crippen molar-refractivity contribution in [3.05, 3.63) is 29.3 Å². The summed E-state index contributed by atoms with van der Waals surface area (Å²) in [7, 11) is -2.90. The van der Waals surface area contributed by atoms with Gasteiger partial charge in [0, 0.05) is 17.6 Å². The standard InChI is InChI=1S/C15H22ClN3O3S.HI/c1-2-17-15(19-13-7-10-23(20,21)11-13)18-8-9-22-14-5-3-12(16)4-6-14;/h3-6,13H,2,7-11H2,1H3,(H2,17,18,19);1H. The van der Waals surface area contributed by atoms with Gasteiger partial charge in [-0.25, -0.2) is 13.4 Å². The van der Waals surface area contributed by atoms with Crippen molar-refractivity contribution in [3.8, 4) is 5.75 Å². The first-order valence-corrected chi connectivity index (χ1v) is 9.82. The van der Waals surface area contributed by atoms with Gasteiger partial charge in [0.1, 0.15) is 12.4 Å². The SMILES string of the molecule is CCNC(=NCCOc1ccc(Cl)cc1)NC1CCS(=O)(=O)C1.I. The number of ether oxygens (including phenoxy) is 1. The molecule has 1 aliphatic heterocycles. The summed E-state index contributed by atoms with van der Waals surface area (Å²) in [6.07, 6.45) is 0.619. The van der Waals surface area contributed by atoms with Crippen molar-refractivity contribution in [2.45, 2.75) is 19.4 Å². The summed E-state index contributed by atoms with van der Waals surface area (Å²) in [6.45, 7) is 3.58. The summed E-state index contributed by atoms with van der Waals surface area (Å²) in [5, 5.41) is 6.95. The zero-order chi connectivity index (χ0) is 16.7. The maximum Gasteiger partial charge on any atom is 0.191 e. The molecule has 1 atom stereocenters. The molecule has 24 heavy (non-hydrogen) atoms. The Morgan fingerprint density at radius 2 is 2.08 bits per heavy atom. The topological polar surface area (TPSA) is 79.8 Å². The van der Waals surface area contributed by atoms with Crippen LogP contribution in [0.4, 0.5) is 0 Å². The van der Waals surface area contributed by atoms with Crippen molar-refractivity contribution in [1.29, 1.82) is 0 Å². The molecule has 1 fully saturated rings. The van der Waals surface area contributed by atoms with E-state index in [1.807, 2.05) is 6.92 Å². The highest BCUT2D eigenvalue weighted by Gasteiger charge is 2.28. The van der Waals surface area contributed by atoms with Crippen LogP contribution in [0.15, 0.2) is 29.3 Å². The fraction of sp³-hybridized carbons (Fsp3) is 0.533. The van der Waals surface area contributed by atoms with Crippen molar-refractivity contribution in [2.75, 3.05) is 31.2 Å². The van der Waals surface area contributed by atoms with E-state index in [1.165, 1.54) is 0 Å². The van der Waals surface area contributed by atoms with E-state index >= 15 is 0 Å². The molecule has 2 rings (SSSR count). The molecule has 1 unspecified atom stereocenters. The lowest BCUT2D eigenvalue weighted by atomic mass is 10.3. The fourth-order valence-electron chi connectivity index (χ4n) is 2.27. The van der Waals surface area contributed by atoms with E-state index < -0.39 is 9.84 Å². The summed E-state index contributed by atoms with van der Waals surface area (Å²) in [4.78, 5) is 4.41.